The van der Waals surface area contributed by atoms with Crippen LogP contribution in [-0.4, -0.2) is 42.1 Å². The first kappa shape index (κ1) is 11.2. The van der Waals surface area contributed by atoms with Gasteiger partial charge in [-0.15, -0.1) is 0 Å². The van der Waals surface area contributed by atoms with Crippen LogP contribution in [0.15, 0.2) is 24.5 Å². The average Bonchev–Trinajstić information content (AvgIpc) is 3.22. The first-order valence-corrected chi connectivity index (χ1v) is 6.76. The third kappa shape index (κ3) is 3.05. The highest BCUT2D eigenvalue weighted by atomic mass is 15.2. The van der Waals surface area contributed by atoms with E-state index in [9.17, 15) is 0 Å². The monoisotopic (exact) mass is 231 g/mol. The normalized spacial score (nSPS) is 26.0. The maximum atomic E-state index is 4.17. The van der Waals surface area contributed by atoms with Gasteiger partial charge in [0.25, 0.3) is 0 Å². The summed E-state index contributed by atoms with van der Waals surface area (Å²) < 4.78 is 0. The van der Waals surface area contributed by atoms with Gasteiger partial charge in [-0.2, -0.15) is 0 Å². The average molecular weight is 231 g/mol. The number of hydrogen-bond acceptors (Lipinski definition) is 3. The van der Waals surface area contributed by atoms with Crippen molar-refractivity contribution in [2.24, 2.45) is 5.92 Å². The molecule has 1 aromatic heterocycles. The summed E-state index contributed by atoms with van der Waals surface area (Å²) in [6, 6.07) is 4.96. The SMILES string of the molecule is c1cncc(CCN2CCNC(C3CC3)C2)c1. The summed E-state index contributed by atoms with van der Waals surface area (Å²) in [5.41, 5.74) is 1.36. The Kier molecular flexibility index (Phi) is 3.39. The van der Waals surface area contributed by atoms with Gasteiger partial charge in [-0.25, -0.2) is 0 Å². The molecule has 3 heteroatoms. The van der Waals surface area contributed by atoms with Crippen molar-refractivity contribution in [3.8, 4) is 0 Å². The van der Waals surface area contributed by atoms with Gasteiger partial charge < -0.3 is 10.2 Å². The molecule has 1 atom stereocenters. The minimum atomic E-state index is 0.762. The van der Waals surface area contributed by atoms with Gasteiger partial charge in [0, 0.05) is 44.6 Å². The molecule has 17 heavy (non-hydrogen) atoms. The van der Waals surface area contributed by atoms with E-state index in [0.717, 1.165) is 24.9 Å². The van der Waals surface area contributed by atoms with Crippen molar-refractivity contribution in [2.75, 3.05) is 26.2 Å². The fraction of sp³-hybridized carbons (Fsp3) is 0.643. The fourth-order valence-electron chi connectivity index (χ4n) is 2.69. The Bertz CT molecular complexity index is 348. The largest absolute Gasteiger partial charge is 0.311 e. The predicted molar refractivity (Wildman–Crippen MR) is 68.9 cm³/mol. The first-order chi connectivity index (χ1) is 8.42. The van der Waals surface area contributed by atoms with E-state index in [4.69, 9.17) is 0 Å². The van der Waals surface area contributed by atoms with Gasteiger partial charge in [-0.05, 0) is 36.8 Å². The first-order valence-electron chi connectivity index (χ1n) is 6.76. The van der Waals surface area contributed by atoms with Crippen LogP contribution in [0.5, 0.6) is 0 Å². The Labute approximate surface area is 103 Å². The quantitative estimate of drug-likeness (QED) is 0.847. The van der Waals surface area contributed by atoms with Crippen molar-refractivity contribution in [2.45, 2.75) is 25.3 Å². The molecule has 92 valence electrons. The van der Waals surface area contributed by atoms with Crippen LogP contribution >= 0.6 is 0 Å². The number of aromatic nitrogens is 1. The lowest BCUT2D eigenvalue weighted by molar-refractivity contribution is 0.190. The Balaban J connectivity index is 1.48. The van der Waals surface area contributed by atoms with Crippen LogP contribution in [-0.2, 0) is 6.42 Å². The van der Waals surface area contributed by atoms with E-state index >= 15 is 0 Å². The molecular weight excluding hydrogens is 210 g/mol. The number of nitrogens with one attached hydrogen (secondary N) is 1. The molecule has 3 rings (SSSR count). The molecule has 1 N–H and O–H groups in total. The second-order valence-corrected chi connectivity index (χ2v) is 5.31. The second kappa shape index (κ2) is 5.15. The molecule has 2 fully saturated rings. The van der Waals surface area contributed by atoms with Crippen molar-refractivity contribution in [3.63, 3.8) is 0 Å². The zero-order valence-electron chi connectivity index (χ0n) is 10.3. The summed E-state index contributed by atoms with van der Waals surface area (Å²) in [5, 5.41) is 3.66. The summed E-state index contributed by atoms with van der Waals surface area (Å²) in [4.78, 5) is 6.77. The molecule has 1 aromatic rings. The molecule has 0 amide bonds. The van der Waals surface area contributed by atoms with E-state index in [-0.39, 0.29) is 0 Å². The Hall–Kier alpha value is -0.930. The number of hydrogen-bond donors (Lipinski definition) is 1. The van der Waals surface area contributed by atoms with Gasteiger partial charge in [0.1, 0.15) is 0 Å². The molecule has 1 saturated heterocycles. The molecule has 2 aliphatic rings. The third-order valence-electron chi connectivity index (χ3n) is 3.92. The molecule has 0 spiro atoms. The number of piperazine rings is 1. The van der Waals surface area contributed by atoms with Gasteiger partial charge in [-0.3, -0.25) is 4.98 Å². The Morgan fingerprint density at radius 3 is 3.12 bits per heavy atom. The van der Waals surface area contributed by atoms with E-state index in [1.54, 1.807) is 0 Å². The van der Waals surface area contributed by atoms with E-state index in [1.807, 2.05) is 18.5 Å². The van der Waals surface area contributed by atoms with Crippen molar-refractivity contribution >= 4 is 0 Å². The van der Waals surface area contributed by atoms with Crippen LogP contribution < -0.4 is 5.32 Å². The molecule has 1 aliphatic heterocycles. The minimum Gasteiger partial charge on any atom is -0.311 e. The minimum absolute atomic E-state index is 0.762. The number of pyridine rings is 1. The second-order valence-electron chi connectivity index (χ2n) is 5.31. The van der Waals surface area contributed by atoms with E-state index < -0.39 is 0 Å². The van der Waals surface area contributed by atoms with Crippen LogP contribution in [0.4, 0.5) is 0 Å². The summed E-state index contributed by atoms with van der Waals surface area (Å²) in [7, 11) is 0. The van der Waals surface area contributed by atoms with Crippen molar-refractivity contribution in [3.05, 3.63) is 30.1 Å². The molecular formula is C14H21N3. The van der Waals surface area contributed by atoms with E-state index in [1.165, 1.54) is 38.0 Å². The van der Waals surface area contributed by atoms with Gasteiger partial charge in [0.2, 0.25) is 0 Å². The summed E-state index contributed by atoms with van der Waals surface area (Å²) in [6.45, 7) is 4.78. The maximum Gasteiger partial charge on any atom is 0.0300 e. The molecule has 0 aromatic carbocycles. The van der Waals surface area contributed by atoms with Crippen molar-refractivity contribution in [1.29, 1.82) is 0 Å². The lowest BCUT2D eigenvalue weighted by Crippen LogP contribution is -2.52. The Morgan fingerprint density at radius 2 is 2.35 bits per heavy atom. The topological polar surface area (TPSA) is 28.2 Å². The standard InChI is InChI=1S/C14H21N3/c1-2-12(10-15-6-1)5-8-17-9-7-16-14(11-17)13-3-4-13/h1-2,6,10,13-14,16H,3-5,7-9,11H2. The van der Waals surface area contributed by atoms with Gasteiger partial charge in [-0.1, -0.05) is 6.07 Å². The summed E-state index contributed by atoms with van der Waals surface area (Å²) >= 11 is 0. The molecule has 3 nitrogen and oxygen atoms in total. The predicted octanol–water partition coefficient (Wildman–Crippen LogP) is 1.31. The Morgan fingerprint density at radius 1 is 1.41 bits per heavy atom. The van der Waals surface area contributed by atoms with Crippen LogP contribution in [0, 0.1) is 5.92 Å². The zero-order valence-corrected chi connectivity index (χ0v) is 10.3. The maximum absolute atomic E-state index is 4.17. The highest BCUT2D eigenvalue weighted by molar-refractivity contribution is 5.08. The van der Waals surface area contributed by atoms with Crippen LogP contribution in [0.2, 0.25) is 0 Å². The van der Waals surface area contributed by atoms with Crippen LogP contribution in [0.3, 0.4) is 0 Å². The molecule has 1 saturated carbocycles. The van der Waals surface area contributed by atoms with Gasteiger partial charge >= 0.3 is 0 Å². The molecule has 1 unspecified atom stereocenters. The summed E-state index contributed by atoms with van der Waals surface area (Å²) in [5.74, 6) is 0.969. The zero-order chi connectivity index (χ0) is 11.5. The lowest BCUT2D eigenvalue weighted by Gasteiger charge is -2.33. The lowest BCUT2D eigenvalue weighted by atomic mass is 10.1. The van der Waals surface area contributed by atoms with Gasteiger partial charge in [0.15, 0.2) is 0 Å². The number of nitrogens with zero attached hydrogens (tertiary/aromatic N) is 2. The number of rotatable bonds is 4. The van der Waals surface area contributed by atoms with Crippen molar-refractivity contribution < 1.29 is 0 Å². The molecule has 0 radical (unpaired) electrons. The third-order valence-corrected chi connectivity index (χ3v) is 3.92. The fourth-order valence-corrected chi connectivity index (χ4v) is 2.69. The summed E-state index contributed by atoms with van der Waals surface area (Å²) in [6.07, 6.45) is 7.84. The highest BCUT2D eigenvalue weighted by Crippen LogP contribution is 2.33. The smallest absolute Gasteiger partial charge is 0.0300 e. The molecule has 2 heterocycles. The van der Waals surface area contributed by atoms with Crippen LogP contribution in [0.1, 0.15) is 18.4 Å². The van der Waals surface area contributed by atoms with E-state index in [2.05, 4.69) is 21.3 Å². The van der Waals surface area contributed by atoms with Crippen molar-refractivity contribution in [1.82, 2.24) is 15.2 Å². The van der Waals surface area contributed by atoms with Gasteiger partial charge in [0.05, 0.1) is 0 Å². The molecule has 1 aliphatic carbocycles. The molecule has 0 bridgehead atoms. The van der Waals surface area contributed by atoms with E-state index in [0.29, 0.717) is 0 Å². The van der Waals surface area contributed by atoms with Crippen LogP contribution in [0.25, 0.3) is 0 Å². The highest BCUT2D eigenvalue weighted by Gasteiger charge is 2.33.